The number of aromatic nitrogens is 3. The summed E-state index contributed by atoms with van der Waals surface area (Å²) < 4.78 is 5.46. The minimum absolute atomic E-state index is 0.0797. The second kappa shape index (κ2) is 6.40. The second-order valence-electron chi connectivity index (χ2n) is 5.20. The van der Waals surface area contributed by atoms with Gasteiger partial charge in [-0.05, 0) is 44.7 Å². The largest absolute Gasteiger partial charge is 0.465 e. The van der Waals surface area contributed by atoms with Gasteiger partial charge in [0.25, 0.3) is 0 Å². The Bertz CT molecular complexity index is 637. The zero-order chi connectivity index (χ0) is 15.5. The lowest BCUT2D eigenvalue weighted by atomic mass is 10.1. The van der Waals surface area contributed by atoms with Crippen LogP contribution in [0.2, 0.25) is 0 Å². The predicted octanol–water partition coefficient (Wildman–Crippen LogP) is 3.08. The van der Waals surface area contributed by atoms with Crippen molar-refractivity contribution in [2.45, 2.75) is 35.7 Å². The van der Waals surface area contributed by atoms with E-state index in [1.807, 2.05) is 0 Å². The van der Waals surface area contributed by atoms with Crippen molar-refractivity contribution in [1.29, 1.82) is 0 Å². The summed E-state index contributed by atoms with van der Waals surface area (Å²) in [5.74, 6) is -0.414. The summed E-state index contributed by atoms with van der Waals surface area (Å²) in [7, 11) is 1.35. The summed E-state index contributed by atoms with van der Waals surface area (Å²) in [6.07, 6.45) is 1.63. The summed E-state index contributed by atoms with van der Waals surface area (Å²) in [5, 5.41) is 12.7. The maximum atomic E-state index is 11.7. The van der Waals surface area contributed by atoms with Crippen molar-refractivity contribution in [1.82, 2.24) is 15.2 Å². The van der Waals surface area contributed by atoms with Crippen molar-refractivity contribution in [3.05, 3.63) is 23.9 Å². The van der Waals surface area contributed by atoms with E-state index in [4.69, 9.17) is 4.74 Å². The van der Waals surface area contributed by atoms with E-state index in [0.717, 1.165) is 5.13 Å². The van der Waals surface area contributed by atoms with E-state index in [1.165, 1.54) is 30.2 Å². The molecule has 6 nitrogen and oxygen atoms in total. The molecule has 21 heavy (non-hydrogen) atoms. The van der Waals surface area contributed by atoms with E-state index < -0.39 is 5.97 Å². The Kier molecular flexibility index (Phi) is 4.79. The number of rotatable bonds is 4. The molecular weight excluding hydrogens is 308 g/mol. The fraction of sp³-hybridized carbons (Fsp3) is 0.385. The molecule has 2 aromatic heterocycles. The topological polar surface area (TPSA) is 77.0 Å². The van der Waals surface area contributed by atoms with E-state index >= 15 is 0 Å². The molecule has 0 spiro atoms. The van der Waals surface area contributed by atoms with Gasteiger partial charge in [0.05, 0.1) is 12.7 Å². The molecule has 0 aromatic carbocycles. The van der Waals surface area contributed by atoms with Gasteiger partial charge in [-0.25, -0.2) is 9.78 Å². The standard InChI is InChI=1S/C13H16N4O2S2/c1-13(2,3)15-11-16-17-12(21-11)20-9-8(10(18)19-4)6-5-7-14-9/h5-7H,1-4H3,(H,15,16). The Morgan fingerprint density at radius 2 is 2.14 bits per heavy atom. The van der Waals surface area contributed by atoms with Crippen molar-refractivity contribution >= 4 is 34.2 Å². The summed E-state index contributed by atoms with van der Waals surface area (Å²) in [6.45, 7) is 6.15. The molecule has 0 aliphatic heterocycles. The number of esters is 1. The zero-order valence-corrected chi connectivity index (χ0v) is 13.8. The van der Waals surface area contributed by atoms with Gasteiger partial charge in [0, 0.05) is 11.7 Å². The quantitative estimate of drug-likeness (QED) is 0.866. The molecule has 2 rings (SSSR count). The van der Waals surface area contributed by atoms with E-state index in [2.05, 4.69) is 41.3 Å². The van der Waals surface area contributed by atoms with E-state index in [1.54, 1.807) is 18.3 Å². The highest BCUT2D eigenvalue weighted by Crippen LogP contribution is 2.33. The third-order valence-electron chi connectivity index (χ3n) is 2.25. The number of methoxy groups -OCH3 is 1. The monoisotopic (exact) mass is 324 g/mol. The van der Waals surface area contributed by atoms with Gasteiger partial charge < -0.3 is 10.1 Å². The fourth-order valence-electron chi connectivity index (χ4n) is 1.44. The van der Waals surface area contributed by atoms with Crippen LogP contribution < -0.4 is 5.32 Å². The number of nitrogens with zero attached hydrogens (tertiary/aromatic N) is 3. The third kappa shape index (κ3) is 4.40. The zero-order valence-electron chi connectivity index (χ0n) is 12.2. The number of hydrogen-bond donors (Lipinski definition) is 1. The first-order valence-corrected chi connectivity index (χ1v) is 7.85. The third-order valence-corrected chi connectivity index (χ3v) is 4.16. The van der Waals surface area contributed by atoms with Crippen LogP contribution in [0.25, 0.3) is 0 Å². The molecule has 112 valence electrons. The van der Waals surface area contributed by atoms with Crippen LogP contribution in [-0.2, 0) is 4.74 Å². The maximum Gasteiger partial charge on any atom is 0.340 e. The van der Waals surface area contributed by atoms with Crippen LogP contribution >= 0.6 is 23.1 Å². The van der Waals surface area contributed by atoms with E-state index in [9.17, 15) is 4.79 Å². The maximum absolute atomic E-state index is 11.7. The first-order valence-electron chi connectivity index (χ1n) is 6.22. The van der Waals surface area contributed by atoms with Crippen LogP contribution in [0, 0.1) is 0 Å². The lowest BCUT2D eigenvalue weighted by molar-refractivity contribution is 0.0596. The number of carbonyl (C=O) groups is 1. The molecule has 8 heteroatoms. The number of nitrogens with one attached hydrogen (secondary N) is 1. The minimum Gasteiger partial charge on any atom is -0.465 e. The van der Waals surface area contributed by atoms with Crippen LogP contribution in [0.4, 0.5) is 5.13 Å². The predicted molar refractivity (Wildman–Crippen MR) is 83.0 cm³/mol. The van der Waals surface area contributed by atoms with Crippen molar-refractivity contribution in [2.75, 3.05) is 12.4 Å². The molecule has 0 fully saturated rings. The van der Waals surface area contributed by atoms with Gasteiger partial charge in [-0.2, -0.15) is 0 Å². The molecule has 1 N–H and O–H groups in total. The Labute approximate surface area is 131 Å². The first kappa shape index (κ1) is 15.7. The van der Waals surface area contributed by atoms with Gasteiger partial charge in [-0.1, -0.05) is 11.3 Å². The Morgan fingerprint density at radius 3 is 2.81 bits per heavy atom. The summed E-state index contributed by atoms with van der Waals surface area (Å²) in [5.41, 5.74) is 0.342. The van der Waals surface area contributed by atoms with E-state index in [-0.39, 0.29) is 5.54 Å². The lowest BCUT2D eigenvalue weighted by Gasteiger charge is -2.18. The molecule has 0 aliphatic carbocycles. The van der Waals surface area contributed by atoms with Crippen LogP contribution in [0.15, 0.2) is 27.7 Å². The number of ether oxygens (including phenoxy) is 1. The Hall–Kier alpha value is -1.67. The molecule has 0 saturated carbocycles. The molecule has 0 saturated heterocycles. The van der Waals surface area contributed by atoms with Gasteiger partial charge in [-0.3, -0.25) is 0 Å². The average molecular weight is 324 g/mol. The van der Waals surface area contributed by atoms with Gasteiger partial charge in [-0.15, -0.1) is 10.2 Å². The summed E-state index contributed by atoms with van der Waals surface area (Å²) in [6, 6.07) is 3.37. The molecular formula is C13H16N4O2S2. The highest BCUT2D eigenvalue weighted by atomic mass is 32.2. The average Bonchev–Trinajstić information content (AvgIpc) is 2.83. The highest BCUT2D eigenvalue weighted by molar-refractivity contribution is 8.01. The Balaban J connectivity index is 2.18. The molecule has 2 aromatic rings. The second-order valence-corrected chi connectivity index (χ2v) is 7.41. The molecule has 0 radical (unpaired) electrons. The van der Waals surface area contributed by atoms with Gasteiger partial charge in [0.15, 0.2) is 4.34 Å². The first-order chi connectivity index (χ1) is 9.89. The molecule has 0 bridgehead atoms. The van der Waals surface area contributed by atoms with Gasteiger partial charge in [0.1, 0.15) is 5.03 Å². The van der Waals surface area contributed by atoms with Crippen molar-refractivity contribution in [2.24, 2.45) is 0 Å². The van der Waals surface area contributed by atoms with Crippen LogP contribution in [-0.4, -0.2) is 33.8 Å². The number of anilines is 1. The Morgan fingerprint density at radius 1 is 1.38 bits per heavy atom. The molecule has 0 amide bonds. The molecule has 0 unspecified atom stereocenters. The fourth-order valence-corrected chi connectivity index (χ4v) is 3.39. The van der Waals surface area contributed by atoms with Crippen molar-refractivity contribution < 1.29 is 9.53 Å². The van der Waals surface area contributed by atoms with Crippen molar-refractivity contribution in [3.8, 4) is 0 Å². The minimum atomic E-state index is -0.414. The SMILES string of the molecule is COC(=O)c1cccnc1Sc1nnc(NC(C)(C)C)s1. The highest BCUT2D eigenvalue weighted by Gasteiger charge is 2.17. The summed E-state index contributed by atoms with van der Waals surface area (Å²) >= 11 is 2.72. The smallest absolute Gasteiger partial charge is 0.340 e. The van der Waals surface area contributed by atoms with Gasteiger partial charge in [0.2, 0.25) is 5.13 Å². The molecule has 2 heterocycles. The van der Waals surface area contributed by atoms with Crippen molar-refractivity contribution in [3.63, 3.8) is 0 Å². The number of pyridine rings is 1. The molecule has 0 aliphatic rings. The molecule has 0 atom stereocenters. The normalized spacial score (nSPS) is 11.2. The lowest BCUT2D eigenvalue weighted by Crippen LogP contribution is -2.25. The number of hydrogen-bond acceptors (Lipinski definition) is 8. The summed E-state index contributed by atoms with van der Waals surface area (Å²) in [4.78, 5) is 15.9. The van der Waals surface area contributed by atoms with Crippen LogP contribution in [0.3, 0.4) is 0 Å². The van der Waals surface area contributed by atoms with E-state index in [0.29, 0.717) is 14.9 Å². The van der Waals surface area contributed by atoms with Crippen LogP contribution in [0.1, 0.15) is 31.1 Å². The number of carbonyl (C=O) groups excluding carboxylic acids is 1. The van der Waals surface area contributed by atoms with Gasteiger partial charge >= 0.3 is 5.97 Å². The van der Waals surface area contributed by atoms with Crippen LogP contribution in [0.5, 0.6) is 0 Å².